The molecule has 2 aromatic heterocycles. The molecule has 1 saturated carbocycles. The summed E-state index contributed by atoms with van der Waals surface area (Å²) in [6.07, 6.45) is 2.23. The number of nitrogens with zero attached hydrogens (tertiary/aromatic N) is 2. The van der Waals surface area contributed by atoms with Crippen molar-refractivity contribution in [3.8, 4) is 0 Å². The number of aromatic nitrogens is 2. The van der Waals surface area contributed by atoms with E-state index in [9.17, 15) is 4.79 Å². The first kappa shape index (κ1) is 12.2. The Kier molecular flexibility index (Phi) is 2.44. The molecule has 0 spiro atoms. The molecule has 2 heterocycles. The van der Waals surface area contributed by atoms with E-state index < -0.39 is 4.33 Å². The molecule has 0 radical (unpaired) electrons. The van der Waals surface area contributed by atoms with Crippen molar-refractivity contribution >= 4 is 45.3 Å². The normalized spacial score (nSPS) is 20.6. The van der Waals surface area contributed by atoms with E-state index in [0.29, 0.717) is 24.1 Å². The first-order valence-corrected chi connectivity index (χ1v) is 7.06. The molecule has 0 bridgehead atoms. The van der Waals surface area contributed by atoms with Crippen molar-refractivity contribution in [2.24, 2.45) is 5.92 Å². The predicted molar refractivity (Wildman–Crippen MR) is 78.3 cm³/mol. The summed E-state index contributed by atoms with van der Waals surface area (Å²) in [6, 6.07) is 7.47. The van der Waals surface area contributed by atoms with Crippen LogP contribution in [-0.2, 0) is 6.54 Å². The number of hydrogen-bond donors (Lipinski definition) is 0. The zero-order valence-electron chi connectivity index (χ0n) is 10.3. The molecule has 1 aliphatic rings. The summed E-state index contributed by atoms with van der Waals surface area (Å²) >= 11 is 12.0. The molecule has 20 heavy (non-hydrogen) atoms. The molecule has 6 heteroatoms. The molecule has 3 aromatic rings. The van der Waals surface area contributed by atoms with Crippen LogP contribution in [0.4, 0.5) is 0 Å². The number of hydrogen-bond acceptors (Lipinski definition) is 3. The summed E-state index contributed by atoms with van der Waals surface area (Å²) in [6.45, 7) is 0.464. The number of para-hydroxylation sites is 1. The highest BCUT2D eigenvalue weighted by molar-refractivity contribution is 6.50. The first-order valence-electron chi connectivity index (χ1n) is 6.31. The maximum atomic E-state index is 12.4. The van der Waals surface area contributed by atoms with Crippen LogP contribution in [0.2, 0.25) is 0 Å². The van der Waals surface area contributed by atoms with E-state index in [4.69, 9.17) is 27.6 Å². The minimum atomic E-state index is -0.706. The van der Waals surface area contributed by atoms with Crippen LogP contribution in [0.25, 0.3) is 22.1 Å². The Morgan fingerprint density at radius 2 is 2.15 bits per heavy atom. The third-order valence-corrected chi connectivity index (χ3v) is 4.65. The van der Waals surface area contributed by atoms with Crippen molar-refractivity contribution in [2.45, 2.75) is 17.3 Å². The van der Waals surface area contributed by atoms with Crippen LogP contribution in [0, 0.1) is 5.92 Å². The Morgan fingerprint density at radius 3 is 2.90 bits per heavy atom. The molecule has 0 unspecified atom stereocenters. The summed E-state index contributed by atoms with van der Waals surface area (Å²) in [5.74, 6) is 0.0900. The molecule has 1 atom stereocenters. The number of fused-ring (bicyclic) bond motifs is 3. The average Bonchev–Trinajstić information content (AvgIpc) is 2.85. The van der Waals surface area contributed by atoms with Crippen molar-refractivity contribution in [3.05, 3.63) is 40.9 Å². The summed E-state index contributed by atoms with van der Waals surface area (Å²) in [5, 5.41) is 0.849. The largest absolute Gasteiger partial charge is 0.448 e. The Balaban J connectivity index is 1.87. The highest BCUT2D eigenvalue weighted by Crippen LogP contribution is 2.53. The van der Waals surface area contributed by atoms with Crippen LogP contribution in [0.3, 0.4) is 0 Å². The lowest BCUT2D eigenvalue weighted by Crippen LogP contribution is -2.21. The molecule has 1 fully saturated rings. The third-order valence-electron chi connectivity index (χ3n) is 3.72. The van der Waals surface area contributed by atoms with Crippen LogP contribution in [0.1, 0.15) is 6.42 Å². The number of benzene rings is 1. The Labute approximate surface area is 123 Å². The van der Waals surface area contributed by atoms with Gasteiger partial charge in [-0.15, -0.1) is 23.2 Å². The second kappa shape index (κ2) is 3.99. The van der Waals surface area contributed by atoms with E-state index in [0.717, 1.165) is 5.39 Å². The van der Waals surface area contributed by atoms with Crippen molar-refractivity contribution in [1.82, 2.24) is 9.55 Å². The van der Waals surface area contributed by atoms with Gasteiger partial charge < -0.3 is 4.42 Å². The molecule has 0 N–H and O–H groups in total. The van der Waals surface area contributed by atoms with Gasteiger partial charge in [0.1, 0.15) is 15.4 Å². The van der Waals surface area contributed by atoms with Crippen molar-refractivity contribution < 1.29 is 4.42 Å². The molecular weight excluding hydrogens is 299 g/mol. The SMILES string of the molecule is O=c1c2oc3ccccc3c2ncn1C[C@H]1CC1(Cl)Cl. The van der Waals surface area contributed by atoms with E-state index in [1.54, 1.807) is 0 Å². The second-order valence-electron chi connectivity index (χ2n) is 5.14. The predicted octanol–water partition coefficient (Wildman–Crippen LogP) is 3.34. The molecule has 4 nitrogen and oxygen atoms in total. The number of halogens is 2. The minimum absolute atomic E-state index is 0.0900. The molecule has 1 aliphatic carbocycles. The number of alkyl halides is 2. The van der Waals surface area contributed by atoms with Crippen molar-refractivity contribution in [2.75, 3.05) is 0 Å². The molecule has 102 valence electrons. The van der Waals surface area contributed by atoms with Crippen molar-refractivity contribution in [3.63, 3.8) is 0 Å². The van der Waals surface area contributed by atoms with Gasteiger partial charge in [0.25, 0.3) is 5.56 Å². The summed E-state index contributed by atoms with van der Waals surface area (Å²) in [5.41, 5.74) is 1.35. The number of rotatable bonds is 2. The zero-order valence-corrected chi connectivity index (χ0v) is 11.9. The van der Waals surface area contributed by atoms with Gasteiger partial charge in [-0.25, -0.2) is 4.98 Å². The fourth-order valence-electron chi connectivity index (χ4n) is 2.45. The van der Waals surface area contributed by atoms with E-state index in [1.165, 1.54) is 10.9 Å². The van der Waals surface area contributed by atoms with Crippen molar-refractivity contribution in [1.29, 1.82) is 0 Å². The lowest BCUT2D eigenvalue weighted by Gasteiger charge is -2.04. The van der Waals surface area contributed by atoms with E-state index >= 15 is 0 Å². The maximum absolute atomic E-state index is 12.4. The van der Waals surface area contributed by atoms with Gasteiger partial charge in [-0.3, -0.25) is 9.36 Å². The lowest BCUT2D eigenvalue weighted by atomic mass is 10.2. The Morgan fingerprint density at radius 1 is 1.40 bits per heavy atom. The van der Waals surface area contributed by atoms with Gasteiger partial charge in [-0.05, 0) is 18.6 Å². The monoisotopic (exact) mass is 308 g/mol. The molecule has 0 saturated heterocycles. The first-order chi connectivity index (χ1) is 9.56. The highest BCUT2D eigenvalue weighted by atomic mass is 35.5. The maximum Gasteiger partial charge on any atom is 0.297 e. The molecular formula is C14H10Cl2N2O2. The molecule has 0 aliphatic heterocycles. The van der Waals surface area contributed by atoms with Gasteiger partial charge in [0.05, 0.1) is 6.33 Å². The zero-order chi connectivity index (χ0) is 13.9. The molecule has 0 amide bonds. The van der Waals surface area contributed by atoms with Gasteiger partial charge in [-0.1, -0.05) is 12.1 Å². The quantitative estimate of drug-likeness (QED) is 0.682. The third kappa shape index (κ3) is 1.75. The van der Waals surface area contributed by atoms with Gasteiger partial charge in [0, 0.05) is 17.8 Å². The summed E-state index contributed by atoms with van der Waals surface area (Å²) in [4.78, 5) is 16.8. The Bertz CT molecular complexity index is 882. The lowest BCUT2D eigenvalue weighted by molar-refractivity contribution is 0.580. The van der Waals surface area contributed by atoms with Gasteiger partial charge in [-0.2, -0.15) is 0 Å². The summed E-state index contributed by atoms with van der Waals surface area (Å²) in [7, 11) is 0. The smallest absolute Gasteiger partial charge is 0.297 e. The second-order valence-corrected chi connectivity index (χ2v) is 6.68. The average molecular weight is 309 g/mol. The number of furan rings is 1. The molecule has 4 rings (SSSR count). The minimum Gasteiger partial charge on any atom is -0.448 e. The highest BCUT2D eigenvalue weighted by Gasteiger charge is 2.51. The van der Waals surface area contributed by atoms with Crippen LogP contribution in [0.5, 0.6) is 0 Å². The van der Waals surface area contributed by atoms with E-state index in [1.807, 2.05) is 24.3 Å². The molecule has 1 aromatic carbocycles. The summed E-state index contributed by atoms with van der Waals surface area (Å²) < 4.78 is 6.43. The fourth-order valence-corrected chi connectivity index (χ4v) is 2.96. The standard InChI is InChI=1S/C14H10Cl2N2O2/c15-14(16)5-8(14)6-18-7-17-11-9-3-1-2-4-10(9)20-12(11)13(18)19/h1-4,7-8H,5-6H2/t8-/m1/s1. The van der Waals surface area contributed by atoms with E-state index in [-0.39, 0.29) is 17.1 Å². The van der Waals surface area contributed by atoms with E-state index in [2.05, 4.69) is 4.98 Å². The van der Waals surface area contributed by atoms with Crippen LogP contribution in [0.15, 0.2) is 39.8 Å². The van der Waals surface area contributed by atoms with Gasteiger partial charge >= 0.3 is 0 Å². The van der Waals surface area contributed by atoms with Crippen LogP contribution < -0.4 is 5.56 Å². The fraction of sp³-hybridized carbons (Fsp3) is 0.286. The van der Waals surface area contributed by atoms with Crippen LogP contribution in [-0.4, -0.2) is 13.9 Å². The van der Waals surface area contributed by atoms with Gasteiger partial charge in [0.15, 0.2) is 0 Å². The van der Waals surface area contributed by atoms with Gasteiger partial charge in [0.2, 0.25) is 5.58 Å². The topological polar surface area (TPSA) is 48.0 Å². The van der Waals surface area contributed by atoms with Crippen LogP contribution >= 0.6 is 23.2 Å². The Hall–Kier alpha value is -1.52.